The molecule has 0 aliphatic heterocycles. The van der Waals surface area contributed by atoms with E-state index in [4.69, 9.17) is 11.6 Å². The molecule has 1 unspecified atom stereocenters. The topological polar surface area (TPSA) is 20.2 Å². The van der Waals surface area contributed by atoms with Gasteiger partial charge in [0, 0.05) is 0 Å². The number of alkyl halides is 1. The van der Waals surface area contributed by atoms with Crippen molar-refractivity contribution in [3.05, 3.63) is 11.6 Å². The van der Waals surface area contributed by atoms with Crippen molar-refractivity contribution in [3.8, 4) is 0 Å². The van der Waals surface area contributed by atoms with Crippen LogP contribution in [0.4, 0.5) is 0 Å². The second-order valence-corrected chi connectivity index (χ2v) is 2.86. The summed E-state index contributed by atoms with van der Waals surface area (Å²) in [6.07, 6.45) is 3.81. The Hall–Kier alpha value is -0.0100. The van der Waals surface area contributed by atoms with Gasteiger partial charge in [-0.15, -0.1) is 11.6 Å². The molecule has 0 aromatic heterocycles. The molecule has 0 amide bonds. The van der Waals surface area contributed by atoms with Gasteiger partial charge in [0.2, 0.25) is 0 Å². The molecule has 0 aromatic rings. The Balaban J connectivity index is 2.70. The lowest BCUT2D eigenvalue weighted by atomic mass is 10.00. The van der Waals surface area contributed by atoms with E-state index in [2.05, 4.69) is 0 Å². The number of halogens is 1. The number of rotatable bonds is 1. The fourth-order valence-electron chi connectivity index (χ4n) is 1.09. The van der Waals surface area contributed by atoms with Crippen LogP contribution in [0.1, 0.15) is 19.8 Å². The third-order valence-corrected chi connectivity index (χ3v) is 2.41. The predicted molar refractivity (Wildman–Crippen MR) is 38.7 cm³/mol. The molecule has 1 N–H and O–H groups in total. The quantitative estimate of drug-likeness (QED) is 0.441. The van der Waals surface area contributed by atoms with E-state index in [0.717, 1.165) is 18.4 Å². The van der Waals surface area contributed by atoms with E-state index in [1.807, 2.05) is 13.0 Å². The fraction of sp³-hybridized carbons (Fsp3) is 0.714. The summed E-state index contributed by atoms with van der Waals surface area (Å²) in [5, 5.41) is 9.57. The van der Waals surface area contributed by atoms with Crippen LogP contribution in [0.3, 0.4) is 0 Å². The van der Waals surface area contributed by atoms with Gasteiger partial charge in [-0.2, -0.15) is 0 Å². The second-order valence-electron chi connectivity index (χ2n) is 2.59. The van der Waals surface area contributed by atoms with E-state index >= 15 is 0 Å². The molecule has 0 saturated heterocycles. The average molecular weight is 147 g/mol. The first-order chi connectivity index (χ1) is 4.19. The number of hydrogen-bond acceptors (Lipinski definition) is 1. The predicted octanol–water partition coefficient (Wildman–Crippen LogP) is 1.70. The highest BCUT2D eigenvalue weighted by molar-refractivity contribution is 6.18. The van der Waals surface area contributed by atoms with Crippen molar-refractivity contribution in [3.63, 3.8) is 0 Å². The van der Waals surface area contributed by atoms with E-state index in [9.17, 15) is 5.11 Å². The lowest BCUT2D eigenvalue weighted by Crippen LogP contribution is -2.28. The molecular formula is C7H11ClO. The molecule has 1 nitrogen and oxygen atoms in total. The molecule has 0 radical (unpaired) electrons. The number of hydrogen-bond donors (Lipinski definition) is 1. The van der Waals surface area contributed by atoms with Gasteiger partial charge in [0.25, 0.3) is 0 Å². The van der Waals surface area contributed by atoms with Crippen molar-refractivity contribution in [2.45, 2.75) is 25.4 Å². The summed E-state index contributed by atoms with van der Waals surface area (Å²) in [5.74, 6) is 0.329. The van der Waals surface area contributed by atoms with Crippen LogP contribution in [0.25, 0.3) is 0 Å². The lowest BCUT2D eigenvalue weighted by molar-refractivity contribution is 0.104. The summed E-state index contributed by atoms with van der Waals surface area (Å²) in [6, 6.07) is 0. The summed E-state index contributed by atoms with van der Waals surface area (Å²) in [6.45, 7) is 1.93. The Morgan fingerprint density at radius 3 is 2.78 bits per heavy atom. The summed E-state index contributed by atoms with van der Waals surface area (Å²) in [7, 11) is 0. The normalized spacial score (nSPS) is 34.8. The highest BCUT2D eigenvalue weighted by atomic mass is 35.5. The molecule has 0 heterocycles. The first kappa shape index (κ1) is 7.10. The molecule has 0 spiro atoms. The summed E-state index contributed by atoms with van der Waals surface area (Å²) >= 11 is 5.55. The zero-order valence-corrected chi connectivity index (χ0v) is 6.28. The third kappa shape index (κ3) is 1.12. The van der Waals surface area contributed by atoms with Gasteiger partial charge in [0.1, 0.15) is 0 Å². The van der Waals surface area contributed by atoms with Gasteiger partial charge in [0.15, 0.2) is 0 Å². The summed E-state index contributed by atoms with van der Waals surface area (Å²) < 4.78 is 0. The van der Waals surface area contributed by atoms with E-state index in [1.54, 1.807) is 0 Å². The standard InChI is InChI=1S/C7H11ClO/c1-6-3-2-4-7(6,9)5-8/h3,9H,2,4-5H2,1H3. The zero-order valence-electron chi connectivity index (χ0n) is 5.52. The first-order valence-corrected chi connectivity index (χ1v) is 3.68. The molecule has 1 atom stereocenters. The van der Waals surface area contributed by atoms with Gasteiger partial charge in [-0.1, -0.05) is 6.08 Å². The van der Waals surface area contributed by atoms with Crippen LogP contribution in [-0.2, 0) is 0 Å². The Labute approximate surface area is 60.3 Å². The molecule has 2 heteroatoms. The Kier molecular flexibility index (Phi) is 1.83. The van der Waals surface area contributed by atoms with Gasteiger partial charge in [-0.25, -0.2) is 0 Å². The van der Waals surface area contributed by atoms with E-state index in [1.165, 1.54) is 0 Å². The molecule has 0 bridgehead atoms. The second kappa shape index (κ2) is 2.31. The minimum Gasteiger partial charge on any atom is -0.384 e. The van der Waals surface area contributed by atoms with Crippen molar-refractivity contribution in [1.82, 2.24) is 0 Å². The molecule has 0 fully saturated rings. The van der Waals surface area contributed by atoms with Crippen LogP contribution in [0.5, 0.6) is 0 Å². The van der Waals surface area contributed by atoms with Crippen LogP contribution in [0, 0.1) is 0 Å². The van der Waals surface area contributed by atoms with Crippen LogP contribution in [0.2, 0.25) is 0 Å². The largest absolute Gasteiger partial charge is 0.384 e. The molecule has 52 valence electrons. The minimum atomic E-state index is -0.679. The first-order valence-electron chi connectivity index (χ1n) is 3.14. The summed E-state index contributed by atoms with van der Waals surface area (Å²) in [5.41, 5.74) is 0.346. The fourth-order valence-corrected chi connectivity index (χ4v) is 1.43. The van der Waals surface area contributed by atoms with Gasteiger partial charge >= 0.3 is 0 Å². The molecule has 1 aliphatic carbocycles. The average Bonchev–Trinajstić information content (AvgIpc) is 2.15. The molecule has 1 aliphatic rings. The lowest BCUT2D eigenvalue weighted by Gasteiger charge is -2.20. The van der Waals surface area contributed by atoms with Crippen LogP contribution in [-0.4, -0.2) is 16.6 Å². The minimum absolute atomic E-state index is 0.329. The van der Waals surface area contributed by atoms with Crippen LogP contribution >= 0.6 is 11.6 Å². The van der Waals surface area contributed by atoms with E-state index < -0.39 is 5.60 Å². The van der Waals surface area contributed by atoms with Crippen molar-refractivity contribution in [2.24, 2.45) is 0 Å². The Morgan fingerprint density at radius 2 is 2.56 bits per heavy atom. The highest BCUT2D eigenvalue weighted by Crippen LogP contribution is 2.30. The van der Waals surface area contributed by atoms with Gasteiger partial charge in [-0.05, 0) is 25.3 Å². The molecule has 9 heavy (non-hydrogen) atoms. The van der Waals surface area contributed by atoms with Crippen LogP contribution < -0.4 is 0 Å². The van der Waals surface area contributed by atoms with Gasteiger partial charge in [-0.3, -0.25) is 0 Å². The Bertz CT molecular complexity index is 142. The summed E-state index contributed by atoms with van der Waals surface area (Å²) in [4.78, 5) is 0. The van der Waals surface area contributed by atoms with Crippen molar-refractivity contribution < 1.29 is 5.11 Å². The smallest absolute Gasteiger partial charge is 0.0991 e. The third-order valence-electron chi connectivity index (χ3n) is 1.96. The highest BCUT2D eigenvalue weighted by Gasteiger charge is 2.30. The molecule has 1 rings (SSSR count). The number of aliphatic hydroxyl groups is 1. The molecule has 0 aromatic carbocycles. The zero-order chi connectivity index (χ0) is 6.91. The van der Waals surface area contributed by atoms with Gasteiger partial charge < -0.3 is 5.11 Å². The molecule has 0 saturated carbocycles. The van der Waals surface area contributed by atoms with Gasteiger partial charge in [0.05, 0.1) is 11.5 Å². The van der Waals surface area contributed by atoms with E-state index in [-0.39, 0.29) is 0 Å². The van der Waals surface area contributed by atoms with Crippen molar-refractivity contribution >= 4 is 11.6 Å². The SMILES string of the molecule is CC1=CCCC1(O)CCl. The monoisotopic (exact) mass is 146 g/mol. The maximum Gasteiger partial charge on any atom is 0.0991 e. The maximum atomic E-state index is 9.57. The molecular weight excluding hydrogens is 136 g/mol. The van der Waals surface area contributed by atoms with E-state index in [0.29, 0.717) is 5.88 Å². The van der Waals surface area contributed by atoms with Crippen molar-refractivity contribution in [1.29, 1.82) is 0 Å². The van der Waals surface area contributed by atoms with Crippen LogP contribution in [0.15, 0.2) is 11.6 Å². The Morgan fingerprint density at radius 1 is 1.89 bits per heavy atom. The number of allylic oxidation sites excluding steroid dienone is 1. The maximum absolute atomic E-state index is 9.57. The van der Waals surface area contributed by atoms with Crippen molar-refractivity contribution in [2.75, 3.05) is 5.88 Å².